The van der Waals surface area contributed by atoms with Gasteiger partial charge in [0.25, 0.3) is 5.91 Å². The van der Waals surface area contributed by atoms with E-state index in [1.807, 2.05) is 19.1 Å². The van der Waals surface area contributed by atoms with Gasteiger partial charge in [-0.3, -0.25) is 4.79 Å². The van der Waals surface area contributed by atoms with Crippen LogP contribution in [-0.2, 0) is 9.53 Å². The molecule has 2 rings (SSSR count). The van der Waals surface area contributed by atoms with E-state index in [0.29, 0.717) is 25.4 Å². The molecule has 1 aliphatic heterocycles. The highest BCUT2D eigenvalue weighted by molar-refractivity contribution is 5.95. The number of amides is 3. The first-order valence-electron chi connectivity index (χ1n) is 6.73. The van der Waals surface area contributed by atoms with Crippen molar-refractivity contribution >= 4 is 23.3 Å². The molecule has 0 radical (unpaired) electrons. The van der Waals surface area contributed by atoms with Gasteiger partial charge in [-0.2, -0.15) is 0 Å². The first-order valence-corrected chi connectivity index (χ1v) is 6.73. The average molecular weight is 277 g/mol. The van der Waals surface area contributed by atoms with Gasteiger partial charge in [0.1, 0.15) is 6.61 Å². The Kier molecular flexibility index (Phi) is 4.95. The molecule has 6 heteroatoms. The van der Waals surface area contributed by atoms with Crippen LogP contribution < -0.4 is 15.5 Å². The van der Waals surface area contributed by atoms with Crippen LogP contribution in [0.1, 0.15) is 13.3 Å². The predicted octanol–water partition coefficient (Wildman–Crippen LogP) is 1.58. The highest BCUT2D eigenvalue weighted by Gasteiger charge is 2.19. The van der Waals surface area contributed by atoms with Gasteiger partial charge in [0.05, 0.1) is 6.61 Å². The Morgan fingerprint density at radius 2 is 2.10 bits per heavy atom. The Labute approximate surface area is 118 Å². The van der Waals surface area contributed by atoms with Crippen LogP contribution in [-0.4, -0.2) is 38.2 Å². The normalized spacial score (nSPS) is 15.1. The van der Waals surface area contributed by atoms with E-state index < -0.39 is 0 Å². The zero-order valence-electron chi connectivity index (χ0n) is 11.5. The minimum atomic E-state index is -0.220. The summed E-state index contributed by atoms with van der Waals surface area (Å²) in [6, 6.07) is 6.98. The largest absolute Gasteiger partial charge is 0.370 e. The smallest absolute Gasteiger partial charge is 0.319 e. The molecule has 1 fully saturated rings. The monoisotopic (exact) mass is 277 g/mol. The zero-order valence-corrected chi connectivity index (χ0v) is 11.5. The maximum atomic E-state index is 11.7. The third-order valence-electron chi connectivity index (χ3n) is 2.96. The van der Waals surface area contributed by atoms with Gasteiger partial charge in [0, 0.05) is 24.5 Å². The highest BCUT2D eigenvalue weighted by atomic mass is 16.5. The number of carbonyl (C=O) groups excluding carboxylic acids is 2. The number of urea groups is 1. The summed E-state index contributed by atoms with van der Waals surface area (Å²) in [5, 5.41) is 5.47. The number of morpholine rings is 1. The topological polar surface area (TPSA) is 70.7 Å². The lowest BCUT2D eigenvalue weighted by Gasteiger charge is -2.26. The van der Waals surface area contributed by atoms with Crippen molar-refractivity contribution in [2.24, 2.45) is 0 Å². The van der Waals surface area contributed by atoms with Crippen LogP contribution in [0.25, 0.3) is 0 Å². The quantitative estimate of drug-likeness (QED) is 0.877. The summed E-state index contributed by atoms with van der Waals surface area (Å²) in [6.45, 7) is 3.87. The van der Waals surface area contributed by atoms with Crippen molar-refractivity contribution in [3.63, 3.8) is 0 Å². The van der Waals surface area contributed by atoms with Crippen LogP contribution in [0.4, 0.5) is 16.2 Å². The number of hydrogen-bond donors (Lipinski definition) is 2. The van der Waals surface area contributed by atoms with Gasteiger partial charge in [-0.05, 0) is 30.7 Å². The molecule has 0 unspecified atom stereocenters. The Balaban J connectivity index is 1.95. The summed E-state index contributed by atoms with van der Waals surface area (Å²) < 4.78 is 5.09. The molecule has 108 valence electrons. The maximum Gasteiger partial charge on any atom is 0.319 e. The standard InChI is InChI=1S/C14H19N3O3/c1-2-7-15-14(19)16-11-3-5-12(6-4-11)17-8-9-20-10-13(17)18/h3-6H,2,7-10H2,1H3,(H2,15,16,19). The Bertz CT molecular complexity index is 473. The van der Waals surface area contributed by atoms with Crippen molar-refractivity contribution < 1.29 is 14.3 Å². The third kappa shape index (κ3) is 3.71. The average Bonchev–Trinajstić information content (AvgIpc) is 2.47. The van der Waals surface area contributed by atoms with Crippen LogP contribution in [0.2, 0.25) is 0 Å². The molecule has 2 N–H and O–H groups in total. The Morgan fingerprint density at radius 3 is 2.75 bits per heavy atom. The first-order chi connectivity index (χ1) is 9.70. The minimum absolute atomic E-state index is 0.0438. The van der Waals surface area contributed by atoms with Crippen molar-refractivity contribution in [2.45, 2.75) is 13.3 Å². The van der Waals surface area contributed by atoms with E-state index in [2.05, 4.69) is 10.6 Å². The molecule has 1 heterocycles. The van der Waals surface area contributed by atoms with E-state index in [9.17, 15) is 9.59 Å². The van der Waals surface area contributed by atoms with Crippen LogP contribution in [0.15, 0.2) is 24.3 Å². The van der Waals surface area contributed by atoms with Gasteiger partial charge in [-0.25, -0.2) is 4.79 Å². The number of hydrogen-bond acceptors (Lipinski definition) is 3. The van der Waals surface area contributed by atoms with E-state index >= 15 is 0 Å². The number of nitrogens with one attached hydrogen (secondary N) is 2. The molecule has 0 bridgehead atoms. The van der Waals surface area contributed by atoms with Crippen molar-refractivity contribution in [1.29, 1.82) is 0 Å². The number of nitrogens with zero attached hydrogens (tertiary/aromatic N) is 1. The molecule has 1 aromatic carbocycles. The number of anilines is 2. The third-order valence-corrected chi connectivity index (χ3v) is 2.96. The fraction of sp³-hybridized carbons (Fsp3) is 0.429. The Morgan fingerprint density at radius 1 is 1.35 bits per heavy atom. The van der Waals surface area contributed by atoms with E-state index in [1.165, 1.54) is 0 Å². The molecule has 1 aliphatic rings. The molecular formula is C14H19N3O3. The molecular weight excluding hydrogens is 258 g/mol. The van der Waals surface area contributed by atoms with E-state index in [1.54, 1.807) is 17.0 Å². The molecule has 0 saturated carbocycles. The Hall–Kier alpha value is -2.08. The summed E-state index contributed by atoms with van der Waals surface area (Å²) in [4.78, 5) is 24.9. The predicted molar refractivity (Wildman–Crippen MR) is 76.9 cm³/mol. The van der Waals surface area contributed by atoms with Crippen molar-refractivity contribution in [3.05, 3.63) is 24.3 Å². The van der Waals surface area contributed by atoms with Gasteiger partial charge in [0.15, 0.2) is 0 Å². The molecule has 3 amide bonds. The van der Waals surface area contributed by atoms with Crippen LogP contribution in [0, 0.1) is 0 Å². The minimum Gasteiger partial charge on any atom is -0.370 e. The number of rotatable bonds is 4. The SMILES string of the molecule is CCCNC(=O)Nc1ccc(N2CCOCC2=O)cc1. The van der Waals surface area contributed by atoms with E-state index in [4.69, 9.17) is 4.74 Å². The lowest BCUT2D eigenvalue weighted by atomic mass is 10.2. The number of benzene rings is 1. The summed E-state index contributed by atoms with van der Waals surface area (Å²) in [6.07, 6.45) is 0.894. The summed E-state index contributed by atoms with van der Waals surface area (Å²) in [7, 11) is 0. The highest BCUT2D eigenvalue weighted by Crippen LogP contribution is 2.19. The molecule has 0 spiro atoms. The summed E-state index contributed by atoms with van der Waals surface area (Å²) >= 11 is 0. The second-order valence-corrected chi connectivity index (χ2v) is 4.53. The van der Waals surface area contributed by atoms with Crippen molar-refractivity contribution in [1.82, 2.24) is 5.32 Å². The fourth-order valence-corrected chi connectivity index (χ4v) is 1.93. The van der Waals surface area contributed by atoms with Crippen LogP contribution in [0.3, 0.4) is 0 Å². The lowest BCUT2D eigenvalue weighted by molar-refractivity contribution is -0.125. The van der Waals surface area contributed by atoms with E-state index in [-0.39, 0.29) is 18.5 Å². The zero-order chi connectivity index (χ0) is 14.4. The van der Waals surface area contributed by atoms with Crippen molar-refractivity contribution in [2.75, 3.05) is 36.5 Å². The lowest BCUT2D eigenvalue weighted by Crippen LogP contribution is -2.41. The van der Waals surface area contributed by atoms with Crippen LogP contribution >= 0.6 is 0 Å². The molecule has 0 atom stereocenters. The van der Waals surface area contributed by atoms with Crippen LogP contribution in [0.5, 0.6) is 0 Å². The molecule has 0 aromatic heterocycles. The molecule has 1 saturated heterocycles. The molecule has 20 heavy (non-hydrogen) atoms. The maximum absolute atomic E-state index is 11.7. The second kappa shape index (κ2) is 6.91. The van der Waals surface area contributed by atoms with Gasteiger partial charge < -0.3 is 20.3 Å². The van der Waals surface area contributed by atoms with E-state index in [0.717, 1.165) is 12.1 Å². The van der Waals surface area contributed by atoms with Gasteiger partial charge in [0.2, 0.25) is 0 Å². The van der Waals surface area contributed by atoms with Gasteiger partial charge >= 0.3 is 6.03 Å². The molecule has 1 aromatic rings. The molecule has 6 nitrogen and oxygen atoms in total. The summed E-state index contributed by atoms with van der Waals surface area (Å²) in [5.41, 5.74) is 1.51. The van der Waals surface area contributed by atoms with Crippen molar-refractivity contribution in [3.8, 4) is 0 Å². The first kappa shape index (κ1) is 14.3. The second-order valence-electron chi connectivity index (χ2n) is 4.53. The number of carbonyl (C=O) groups is 2. The molecule has 0 aliphatic carbocycles. The summed E-state index contributed by atoms with van der Waals surface area (Å²) in [5.74, 6) is -0.0438. The van der Waals surface area contributed by atoms with Gasteiger partial charge in [-0.15, -0.1) is 0 Å². The van der Waals surface area contributed by atoms with Gasteiger partial charge in [-0.1, -0.05) is 6.92 Å². The fourth-order valence-electron chi connectivity index (χ4n) is 1.93. The number of ether oxygens (including phenoxy) is 1.